The zero-order valence-corrected chi connectivity index (χ0v) is 9.41. The second-order valence-corrected chi connectivity index (χ2v) is 3.34. The molecule has 0 fully saturated rings. The van der Waals surface area contributed by atoms with E-state index in [4.69, 9.17) is 16.4 Å². The molecule has 1 aromatic rings. The van der Waals surface area contributed by atoms with Gasteiger partial charge in [0.1, 0.15) is 0 Å². The van der Waals surface area contributed by atoms with Crippen molar-refractivity contribution in [1.82, 2.24) is 5.06 Å². The van der Waals surface area contributed by atoms with Gasteiger partial charge in [-0.2, -0.15) is 0 Å². The van der Waals surface area contributed by atoms with Crippen molar-refractivity contribution in [1.29, 1.82) is 0 Å². The number of nitrogens with zero attached hydrogens (tertiary/aromatic N) is 1. The van der Waals surface area contributed by atoms with E-state index in [9.17, 15) is 4.79 Å². The van der Waals surface area contributed by atoms with E-state index in [1.165, 1.54) is 14.2 Å². The minimum Gasteiger partial charge on any atom is -0.274 e. The normalized spacial score (nSPS) is 9.80. The molecule has 0 unspecified atom stereocenters. The predicted octanol–water partition coefficient (Wildman–Crippen LogP) is 2.62. The van der Waals surface area contributed by atoms with E-state index in [0.29, 0.717) is 10.6 Å². The Hall–Kier alpha value is -1.32. The molecule has 0 saturated carbocycles. The van der Waals surface area contributed by atoms with Crippen molar-refractivity contribution < 1.29 is 9.63 Å². The summed E-state index contributed by atoms with van der Waals surface area (Å²) in [6.45, 7) is 3.63. The molecule has 80 valence electrons. The Morgan fingerprint density at radius 2 is 2.27 bits per heavy atom. The van der Waals surface area contributed by atoms with Crippen LogP contribution in [0.4, 0.5) is 0 Å². The van der Waals surface area contributed by atoms with E-state index >= 15 is 0 Å². The molecule has 0 aliphatic carbocycles. The van der Waals surface area contributed by atoms with Gasteiger partial charge in [0.15, 0.2) is 0 Å². The summed E-state index contributed by atoms with van der Waals surface area (Å²) in [5.74, 6) is -0.286. The number of carbonyl (C=O) groups is 1. The van der Waals surface area contributed by atoms with Crippen molar-refractivity contribution in [3.05, 3.63) is 40.9 Å². The summed E-state index contributed by atoms with van der Waals surface area (Å²) >= 11 is 5.91. The Balaban J connectivity index is 3.12. The van der Waals surface area contributed by atoms with Gasteiger partial charge >= 0.3 is 0 Å². The molecule has 1 aromatic carbocycles. The maximum atomic E-state index is 11.7. The van der Waals surface area contributed by atoms with Crippen molar-refractivity contribution >= 4 is 23.6 Å². The predicted molar refractivity (Wildman–Crippen MR) is 60.6 cm³/mol. The molecule has 0 bridgehead atoms. The topological polar surface area (TPSA) is 29.5 Å². The van der Waals surface area contributed by atoms with Crippen LogP contribution >= 0.6 is 11.6 Å². The van der Waals surface area contributed by atoms with Crippen molar-refractivity contribution in [3.63, 3.8) is 0 Å². The Morgan fingerprint density at radius 3 is 2.80 bits per heavy atom. The van der Waals surface area contributed by atoms with E-state index in [0.717, 1.165) is 10.6 Å². The first kappa shape index (κ1) is 11.8. The largest absolute Gasteiger partial charge is 0.278 e. The lowest BCUT2D eigenvalue weighted by Crippen LogP contribution is -2.25. The summed E-state index contributed by atoms with van der Waals surface area (Å²) in [6, 6.07) is 5.13. The Morgan fingerprint density at radius 1 is 1.60 bits per heavy atom. The Labute approximate surface area is 93.9 Å². The molecule has 4 heteroatoms. The van der Waals surface area contributed by atoms with Gasteiger partial charge in [-0.1, -0.05) is 30.3 Å². The molecule has 1 amide bonds. The molecule has 0 heterocycles. The molecule has 0 aromatic heterocycles. The van der Waals surface area contributed by atoms with Crippen LogP contribution in [-0.4, -0.2) is 25.1 Å². The minimum atomic E-state index is -0.286. The number of carbonyl (C=O) groups excluding carboxylic acids is 1. The summed E-state index contributed by atoms with van der Waals surface area (Å²) in [6.07, 6.45) is 1.65. The first-order valence-corrected chi connectivity index (χ1v) is 4.72. The highest BCUT2D eigenvalue weighted by atomic mass is 35.5. The summed E-state index contributed by atoms with van der Waals surface area (Å²) in [7, 11) is 2.95. The lowest BCUT2D eigenvalue weighted by Gasteiger charge is -2.14. The quantitative estimate of drug-likeness (QED) is 0.741. The van der Waals surface area contributed by atoms with Crippen molar-refractivity contribution in [2.75, 3.05) is 14.2 Å². The van der Waals surface area contributed by atoms with Crippen molar-refractivity contribution in [2.45, 2.75) is 0 Å². The minimum absolute atomic E-state index is 0.286. The van der Waals surface area contributed by atoms with Gasteiger partial charge in [0.25, 0.3) is 5.91 Å². The number of halogens is 1. The van der Waals surface area contributed by atoms with E-state index in [1.54, 1.807) is 24.3 Å². The fourth-order valence-corrected chi connectivity index (χ4v) is 1.28. The monoisotopic (exact) mass is 225 g/mol. The molecule has 0 aliphatic heterocycles. The smallest absolute Gasteiger partial charge is 0.274 e. The zero-order valence-electron chi connectivity index (χ0n) is 8.66. The highest BCUT2D eigenvalue weighted by Gasteiger charge is 2.14. The van der Waals surface area contributed by atoms with Gasteiger partial charge in [-0.3, -0.25) is 9.63 Å². The third-order valence-electron chi connectivity index (χ3n) is 2.02. The Bertz CT molecular complexity index is 390. The molecule has 3 nitrogen and oxygen atoms in total. The molecule has 0 saturated heterocycles. The lowest BCUT2D eigenvalue weighted by atomic mass is 10.1. The summed E-state index contributed by atoms with van der Waals surface area (Å²) in [5.41, 5.74) is 1.24. The number of benzene rings is 1. The first-order valence-electron chi connectivity index (χ1n) is 4.34. The van der Waals surface area contributed by atoms with Crippen LogP contribution in [0.3, 0.4) is 0 Å². The zero-order chi connectivity index (χ0) is 11.4. The van der Waals surface area contributed by atoms with Crippen LogP contribution in [0.2, 0.25) is 5.02 Å². The van der Waals surface area contributed by atoms with E-state index in [-0.39, 0.29) is 5.91 Å². The van der Waals surface area contributed by atoms with Gasteiger partial charge in [-0.05, 0) is 17.7 Å². The van der Waals surface area contributed by atoms with Crippen LogP contribution in [-0.2, 0) is 4.84 Å². The molecular formula is C11H12ClNO2. The average molecular weight is 226 g/mol. The van der Waals surface area contributed by atoms with Crippen molar-refractivity contribution in [2.24, 2.45) is 0 Å². The number of amides is 1. The number of hydrogen-bond acceptors (Lipinski definition) is 2. The van der Waals surface area contributed by atoms with Crippen LogP contribution in [0, 0.1) is 0 Å². The highest BCUT2D eigenvalue weighted by molar-refractivity contribution is 6.33. The van der Waals surface area contributed by atoms with Crippen LogP contribution in [0.25, 0.3) is 6.08 Å². The van der Waals surface area contributed by atoms with E-state index in [1.807, 2.05) is 0 Å². The van der Waals surface area contributed by atoms with Crippen LogP contribution < -0.4 is 0 Å². The first-order chi connectivity index (χ1) is 7.10. The highest BCUT2D eigenvalue weighted by Crippen LogP contribution is 2.19. The Kier molecular flexibility index (Phi) is 3.88. The standard InChI is InChI=1S/C11H12ClNO2/c1-4-8-5-6-10(12)9(7-8)11(14)13(2)15-3/h4-7H,1H2,2-3H3. The van der Waals surface area contributed by atoms with Gasteiger partial charge in [-0.25, -0.2) is 5.06 Å². The van der Waals surface area contributed by atoms with Crippen LogP contribution in [0.15, 0.2) is 24.8 Å². The van der Waals surface area contributed by atoms with Crippen molar-refractivity contribution in [3.8, 4) is 0 Å². The maximum absolute atomic E-state index is 11.7. The fourth-order valence-electron chi connectivity index (χ4n) is 1.09. The maximum Gasteiger partial charge on any atom is 0.278 e. The second-order valence-electron chi connectivity index (χ2n) is 2.93. The summed E-state index contributed by atoms with van der Waals surface area (Å²) in [5, 5.41) is 1.52. The summed E-state index contributed by atoms with van der Waals surface area (Å²) in [4.78, 5) is 16.5. The van der Waals surface area contributed by atoms with Crippen LogP contribution in [0.5, 0.6) is 0 Å². The SMILES string of the molecule is C=Cc1ccc(Cl)c(C(=O)N(C)OC)c1. The number of rotatable bonds is 3. The molecule has 0 aliphatic rings. The third kappa shape index (κ3) is 2.58. The van der Waals surface area contributed by atoms with Gasteiger partial charge in [0, 0.05) is 7.05 Å². The van der Waals surface area contributed by atoms with Gasteiger partial charge in [-0.15, -0.1) is 0 Å². The molecule has 1 rings (SSSR count). The average Bonchev–Trinajstić information content (AvgIpc) is 2.27. The van der Waals surface area contributed by atoms with Gasteiger partial charge in [0.2, 0.25) is 0 Å². The second kappa shape index (κ2) is 4.96. The summed E-state index contributed by atoms with van der Waals surface area (Å²) < 4.78 is 0. The fraction of sp³-hybridized carbons (Fsp3) is 0.182. The van der Waals surface area contributed by atoms with Gasteiger partial charge in [0.05, 0.1) is 17.7 Å². The molecule has 15 heavy (non-hydrogen) atoms. The van der Waals surface area contributed by atoms with E-state index in [2.05, 4.69) is 6.58 Å². The van der Waals surface area contributed by atoms with Gasteiger partial charge < -0.3 is 0 Å². The number of hydroxylamine groups is 2. The lowest BCUT2D eigenvalue weighted by molar-refractivity contribution is -0.0756. The third-order valence-corrected chi connectivity index (χ3v) is 2.35. The number of hydrogen-bond donors (Lipinski definition) is 0. The molecule has 0 atom stereocenters. The molecule has 0 radical (unpaired) electrons. The molecule has 0 spiro atoms. The molecular weight excluding hydrogens is 214 g/mol. The van der Waals surface area contributed by atoms with Crippen LogP contribution in [0.1, 0.15) is 15.9 Å². The van der Waals surface area contributed by atoms with E-state index < -0.39 is 0 Å². The molecule has 0 N–H and O–H groups in total.